The van der Waals surface area contributed by atoms with E-state index in [0.717, 1.165) is 19.6 Å². The molecular weight excluding hydrogens is 447 g/mol. The molecule has 0 bridgehead atoms. The minimum Gasteiger partial charge on any atom is -0.493 e. The summed E-state index contributed by atoms with van der Waals surface area (Å²) < 4.78 is 21.3. The van der Waals surface area contributed by atoms with E-state index >= 15 is 0 Å². The quantitative estimate of drug-likeness (QED) is 0.504. The van der Waals surface area contributed by atoms with Crippen LogP contribution in [0.25, 0.3) is 22.3 Å². The molecule has 1 aliphatic heterocycles. The summed E-state index contributed by atoms with van der Waals surface area (Å²) in [6, 6.07) is 11.0. The number of hydrogen-bond acceptors (Lipinski definition) is 5. The summed E-state index contributed by atoms with van der Waals surface area (Å²) in [6.45, 7) is 9.46. The number of amides is 1. The Kier molecular flexibility index (Phi) is 7.80. The zero-order chi connectivity index (χ0) is 24.9. The second kappa shape index (κ2) is 11.0. The van der Waals surface area contributed by atoms with E-state index in [4.69, 9.17) is 4.74 Å². The van der Waals surface area contributed by atoms with Gasteiger partial charge < -0.3 is 15.0 Å². The lowest BCUT2D eigenvalue weighted by atomic mass is 10.1. The van der Waals surface area contributed by atoms with Gasteiger partial charge >= 0.3 is 0 Å². The summed E-state index contributed by atoms with van der Waals surface area (Å²) in [6.07, 6.45) is 2.51. The van der Waals surface area contributed by atoms with Crippen molar-refractivity contribution in [3.05, 3.63) is 58.6 Å². The second-order valence-corrected chi connectivity index (χ2v) is 9.66. The number of likely N-dealkylation sites (tertiary alicyclic amines) is 1. The Morgan fingerprint density at radius 1 is 1.14 bits per heavy atom. The molecule has 1 unspecified atom stereocenters. The molecule has 2 heterocycles. The third-order valence-corrected chi connectivity index (χ3v) is 6.06. The normalized spacial score (nSPS) is 15.0. The van der Waals surface area contributed by atoms with Gasteiger partial charge in [-0.05, 0) is 70.1 Å². The summed E-state index contributed by atoms with van der Waals surface area (Å²) in [5.74, 6) is 0.426. The van der Waals surface area contributed by atoms with Crippen LogP contribution in [0.3, 0.4) is 0 Å². The third-order valence-electron chi connectivity index (χ3n) is 6.06. The maximum atomic E-state index is 14.0. The average Bonchev–Trinajstić information content (AvgIpc) is 3.32. The third kappa shape index (κ3) is 6.25. The zero-order valence-electron chi connectivity index (χ0n) is 20.6. The molecule has 1 N–H and O–H groups in total. The van der Waals surface area contributed by atoms with Crippen LogP contribution in [-0.4, -0.2) is 52.6 Å². The minimum atomic E-state index is -0.443. The van der Waals surface area contributed by atoms with Crippen molar-refractivity contribution >= 4 is 16.8 Å². The Labute approximate surface area is 204 Å². The van der Waals surface area contributed by atoms with Crippen molar-refractivity contribution < 1.29 is 13.9 Å². The fourth-order valence-electron chi connectivity index (χ4n) is 4.49. The maximum absolute atomic E-state index is 14.0. The van der Waals surface area contributed by atoms with Gasteiger partial charge in [0.05, 0.1) is 17.5 Å². The molecular formula is C27H33FN4O3. The van der Waals surface area contributed by atoms with Crippen molar-refractivity contribution in [3.8, 4) is 17.1 Å². The highest BCUT2D eigenvalue weighted by Crippen LogP contribution is 2.23. The van der Waals surface area contributed by atoms with Gasteiger partial charge in [0, 0.05) is 24.1 Å². The molecule has 1 atom stereocenters. The smallest absolute Gasteiger partial charge is 0.262 e. The van der Waals surface area contributed by atoms with Crippen LogP contribution in [0.15, 0.2) is 47.3 Å². The number of nitrogens with zero attached hydrogens (tertiary/aromatic N) is 3. The van der Waals surface area contributed by atoms with E-state index in [1.165, 1.54) is 29.5 Å². The van der Waals surface area contributed by atoms with Gasteiger partial charge in [0.1, 0.15) is 23.9 Å². The Bertz CT molecular complexity index is 1250. The summed E-state index contributed by atoms with van der Waals surface area (Å²) in [5, 5.41) is 3.15. The van der Waals surface area contributed by atoms with Crippen LogP contribution in [0.1, 0.15) is 33.6 Å². The fraction of sp³-hybridized carbons (Fsp3) is 0.444. The van der Waals surface area contributed by atoms with Gasteiger partial charge in [-0.1, -0.05) is 19.1 Å². The second-order valence-electron chi connectivity index (χ2n) is 9.66. The van der Waals surface area contributed by atoms with Crippen LogP contribution in [0.5, 0.6) is 5.75 Å². The van der Waals surface area contributed by atoms with Gasteiger partial charge in [-0.15, -0.1) is 0 Å². The number of aromatic nitrogens is 2. The van der Waals surface area contributed by atoms with E-state index in [2.05, 4.69) is 22.1 Å². The summed E-state index contributed by atoms with van der Waals surface area (Å²) in [5.41, 5.74) is 0.522. The van der Waals surface area contributed by atoms with Crippen molar-refractivity contribution in [2.75, 3.05) is 26.2 Å². The van der Waals surface area contributed by atoms with Gasteiger partial charge in [-0.3, -0.25) is 14.2 Å². The molecule has 0 radical (unpaired) electrons. The molecule has 8 heteroatoms. The van der Waals surface area contributed by atoms with E-state index in [1.54, 1.807) is 30.3 Å². The number of halogens is 1. The molecule has 1 amide bonds. The first-order valence-electron chi connectivity index (χ1n) is 12.2. The highest BCUT2D eigenvalue weighted by molar-refractivity contribution is 5.83. The molecule has 3 aromatic rings. The van der Waals surface area contributed by atoms with E-state index in [9.17, 15) is 14.0 Å². The lowest BCUT2D eigenvalue weighted by molar-refractivity contribution is -0.122. The number of fused-ring (bicyclic) bond motifs is 1. The first-order valence-corrected chi connectivity index (χ1v) is 12.2. The van der Waals surface area contributed by atoms with Gasteiger partial charge in [0.2, 0.25) is 5.91 Å². The molecule has 0 saturated carbocycles. The zero-order valence-corrected chi connectivity index (χ0v) is 20.6. The highest BCUT2D eigenvalue weighted by Gasteiger charge is 2.18. The molecule has 4 rings (SSSR count). The summed E-state index contributed by atoms with van der Waals surface area (Å²) in [4.78, 5) is 33.2. The Morgan fingerprint density at radius 2 is 1.91 bits per heavy atom. The van der Waals surface area contributed by atoms with Gasteiger partial charge in [0.25, 0.3) is 5.56 Å². The predicted molar refractivity (Wildman–Crippen MR) is 135 cm³/mol. The molecule has 186 valence electrons. The van der Waals surface area contributed by atoms with Crippen molar-refractivity contribution in [2.45, 2.75) is 46.2 Å². The van der Waals surface area contributed by atoms with E-state index in [0.29, 0.717) is 34.7 Å². The van der Waals surface area contributed by atoms with Gasteiger partial charge in [-0.2, -0.15) is 0 Å². The minimum absolute atomic E-state index is 0.0770. The molecule has 7 nitrogen and oxygen atoms in total. The Balaban J connectivity index is 1.65. The predicted octanol–water partition coefficient (Wildman–Crippen LogP) is 3.84. The number of carbonyl (C=O) groups excluding carboxylic acids is 1. The molecule has 35 heavy (non-hydrogen) atoms. The van der Waals surface area contributed by atoms with E-state index < -0.39 is 5.82 Å². The average molecular weight is 481 g/mol. The number of nitrogens with one attached hydrogen (secondary N) is 1. The number of hydrogen-bond donors (Lipinski definition) is 1. The number of benzene rings is 2. The van der Waals surface area contributed by atoms with Crippen LogP contribution in [0, 0.1) is 11.7 Å². The Hall–Kier alpha value is -3.26. The van der Waals surface area contributed by atoms with Crippen molar-refractivity contribution in [2.24, 2.45) is 5.92 Å². The van der Waals surface area contributed by atoms with Crippen LogP contribution in [0.4, 0.5) is 4.39 Å². The fourth-order valence-corrected chi connectivity index (χ4v) is 4.49. The van der Waals surface area contributed by atoms with Crippen molar-refractivity contribution in [3.63, 3.8) is 0 Å². The van der Waals surface area contributed by atoms with Crippen LogP contribution < -0.4 is 15.6 Å². The SMILES string of the molecule is CC(COc1ccc2nc(-c3cccc(F)c3)n(CC(=O)NC(C)C)c(=O)c2c1)CN1CCCC1. The van der Waals surface area contributed by atoms with Crippen molar-refractivity contribution in [1.29, 1.82) is 0 Å². The first kappa shape index (κ1) is 24.9. The van der Waals surface area contributed by atoms with Crippen LogP contribution in [-0.2, 0) is 11.3 Å². The maximum Gasteiger partial charge on any atom is 0.262 e. The van der Waals surface area contributed by atoms with Gasteiger partial charge in [0.15, 0.2) is 0 Å². The number of carbonyl (C=O) groups is 1. The summed E-state index contributed by atoms with van der Waals surface area (Å²) in [7, 11) is 0. The monoisotopic (exact) mass is 480 g/mol. The van der Waals surface area contributed by atoms with Crippen LogP contribution >= 0.6 is 0 Å². The Morgan fingerprint density at radius 3 is 2.63 bits per heavy atom. The number of rotatable bonds is 9. The standard InChI is InChI=1S/C27H33FN4O3/c1-18(2)29-25(33)16-32-26(20-7-6-8-21(28)13-20)30-24-10-9-22(14-23(24)27(32)34)35-17-19(3)15-31-11-4-5-12-31/h6-10,13-14,18-19H,4-5,11-12,15-17H2,1-3H3,(H,29,33). The molecule has 1 aromatic heterocycles. The molecule has 0 aliphatic carbocycles. The molecule has 1 saturated heterocycles. The van der Waals surface area contributed by atoms with Gasteiger partial charge in [-0.25, -0.2) is 9.37 Å². The molecule has 2 aromatic carbocycles. The highest BCUT2D eigenvalue weighted by atomic mass is 19.1. The summed E-state index contributed by atoms with van der Waals surface area (Å²) >= 11 is 0. The van der Waals surface area contributed by atoms with Crippen molar-refractivity contribution in [1.82, 2.24) is 19.8 Å². The topological polar surface area (TPSA) is 76.5 Å². The van der Waals surface area contributed by atoms with E-state index in [-0.39, 0.29) is 29.9 Å². The molecule has 1 fully saturated rings. The van der Waals surface area contributed by atoms with E-state index in [1.807, 2.05) is 13.8 Å². The molecule has 0 spiro atoms. The lowest BCUT2D eigenvalue weighted by Crippen LogP contribution is -2.37. The first-order chi connectivity index (χ1) is 16.8. The van der Waals surface area contributed by atoms with Crippen LogP contribution in [0.2, 0.25) is 0 Å². The largest absolute Gasteiger partial charge is 0.493 e. The molecule has 1 aliphatic rings. The number of ether oxygens (including phenoxy) is 1. The lowest BCUT2D eigenvalue weighted by Gasteiger charge is -2.20.